The van der Waals surface area contributed by atoms with Gasteiger partial charge < -0.3 is 10.5 Å². The lowest BCUT2D eigenvalue weighted by molar-refractivity contribution is 0.299. The summed E-state index contributed by atoms with van der Waals surface area (Å²) in [7, 11) is 0. The molecule has 0 atom stereocenters. The van der Waals surface area contributed by atoms with Crippen LogP contribution in [0.15, 0.2) is 42.5 Å². The SMILES string of the molecule is CCc1ccc(OCc2cccc(C(=N)N)c2F)cc1. The van der Waals surface area contributed by atoms with Crippen LogP contribution in [0.2, 0.25) is 0 Å². The van der Waals surface area contributed by atoms with Gasteiger partial charge in [0.25, 0.3) is 0 Å². The van der Waals surface area contributed by atoms with E-state index in [1.165, 1.54) is 11.6 Å². The summed E-state index contributed by atoms with van der Waals surface area (Å²) in [6, 6.07) is 12.5. The van der Waals surface area contributed by atoms with Gasteiger partial charge in [-0.15, -0.1) is 0 Å². The predicted octanol–water partition coefficient (Wildman–Crippen LogP) is 3.25. The fraction of sp³-hybridized carbons (Fsp3) is 0.188. The number of nitrogen functional groups attached to an aromatic ring is 1. The van der Waals surface area contributed by atoms with Crippen molar-refractivity contribution >= 4 is 5.84 Å². The normalized spacial score (nSPS) is 10.3. The van der Waals surface area contributed by atoms with E-state index in [2.05, 4.69) is 6.92 Å². The van der Waals surface area contributed by atoms with E-state index >= 15 is 0 Å². The predicted molar refractivity (Wildman–Crippen MR) is 77.6 cm³/mol. The highest BCUT2D eigenvalue weighted by atomic mass is 19.1. The van der Waals surface area contributed by atoms with Crippen LogP contribution in [0.3, 0.4) is 0 Å². The number of benzene rings is 2. The van der Waals surface area contributed by atoms with Gasteiger partial charge in [0.05, 0.1) is 5.56 Å². The third-order valence-electron chi connectivity index (χ3n) is 3.09. The van der Waals surface area contributed by atoms with Gasteiger partial charge in [-0.2, -0.15) is 0 Å². The summed E-state index contributed by atoms with van der Waals surface area (Å²) in [5, 5.41) is 7.31. The molecule has 3 N–H and O–H groups in total. The molecule has 0 saturated heterocycles. The topological polar surface area (TPSA) is 59.1 Å². The first-order valence-corrected chi connectivity index (χ1v) is 6.45. The van der Waals surface area contributed by atoms with E-state index in [1.54, 1.807) is 12.1 Å². The van der Waals surface area contributed by atoms with Crippen LogP contribution in [0, 0.1) is 11.2 Å². The number of halogens is 1. The molecule has 0 radical (unpaired) electrons. The van der Waals surface area contributed by atoms with Gasteiger partial charge in [0.2, 0.25) is 0 Å². The van der Waals surface area contributed by atoms with Crippen molar-refractivity contribution in [2.75, 3.05) is 0 Å². The molecule has 2 aromatic rings. The van der Waals surface area contributed by atoms with Crippen LogP contribution in [-0.4, -0.2) is 5.84 Å². The van der Waals surface area contributed by atoms with Crippen LogP contribution in [-0.2, 0) is 13.0 Å². The maximum absolute atomic E-state index is 14.0. The summed E-state index contributed by atoms with van der Waals surface area (Å²) in [5.41, 5.74) is 7.04. The molecule has 0 fully saturated rings. The molecule has 3 nitrogen and oxygen atoms in total. The molecule has 0 heterocycles. The van der Waals surface area contributed by atoms with Crippen LogP contribution >= 0.6 is 0 Å². The van der Waals surface area contributed by atoms with Crippen molar-refractivity contribution < 1.29 is 9.13 Å². The number of hydrogen-bond donors (Lipinski definition) is 2. The Morgan fingerprint density at radius 2 is 1.90 bits per heavy atom. The number of aryl methyl sites for hydroxylation is 1. The quantitative estimate of drug-likeness (QED) is 0.648. The van der Waals surface area contributed by atoms with Crippen molar-refractivity contribution in [1.82, 2.24) is 0 Å². The number of ether oxygens (including phenoxy) is 1. The van der Waals surface area contributed by atoms with E-state index in [0.717, 1.165) is 6.42 Å². The van der Waals surface area contributed by atoms with Crippen molar-refractivity contribution in [3.8, 4) is 5.75 Å². The van der Waals surface area contributed by atoms with Gasteiger partial charge in [-0.05, 0) is 30.2 Å². The van der Waals surface area contributed by atoms with Crippen LogP contribution in [0.5, 0.6) is 5.75 Å². The molecule has 0 aliphatic heterocycles. The van der Waals surface area contributed by atoms with Gasteiger partial charge in [0.1, 0.15) is 24.0 Å². The highest BCUT2D eigenvalue weighted by Crippen LogP contribution is 2.17. The lowest BCUT2D eigenvalue weighted by atomic mass is 10.1. The molecule has 0 aromatic heterocycles. The monoisotopic (exact) mass is 272 g/mol. The van der Waals surface area contributed by atoms with Crippen LogP contribution in [0.1, 0.15) is 23.6 Å². The molecule has 0 bridgehead atoms. The van der Waals surface area contributed by atoms with Crippen molar-refractivity contribution in [3.05, 3.63) is 65.0 Å². The third kappa shape index (κ3) is 3.15. The zero-order valence-corrected chi connectivity index (χ0v) is 11.3. The summed E-state index contributed by atoms with van der Waals surface area (Å²) in [6.07, 6.45) is 0.968. The van der Waals surface area contributed by atoms with Crippen LogP contribution in [0.4, 0.5) is 4.39 Å². The minimum atomic E-state index is -0.495. The summed E-state index contributed by atoms with van der Waals surface area (Å²) < 4.78 is 19.6. The smallest absolute Gasteiger partial charge is 0.140 e. The number of rotatable bonds is 5. The zero-order chi connectivity index (χ0) is 14.5. The molecule has 0 spiro atoms. The lowest BCUT2D eigenvalue weighted by Crippen LogP contribution is -2.14. The van der Waals surface area contributed by atoms with Gasteiger partial charge in [-0.1, -0.05) is 31.2 Å². The number of amidine groups is 1. The Hall–Kier alpha value is -2.36. The lowest BCUT2D eigenvalue weighted by Gasteiger charge is -2.09. The Kier molecular flexibility index (Phi) is 4.35. The van der Waals surface area contributed by atoms with E-state index in [0.29, 0.717) is 11.3 Å². The summed E-state index contributed by atoms with van der Waals surface area (Å²) in [5.74, 6) is -0.0864. The average molecular weight is 272 g/mol. The molecule has 2 rings (SSSR count). The molecule has 2 aromatic carbocycles. The molecular weight excluding hydrogens is 255 g/mol. The Balaban J connectivity index is 2.10. The molecule has 0 unspecified atom stereocenters. The first kappa shape index (κ1) is 14.1. The second-order valence-corrected chi connectivity index (χ2v) is 4.48. The molecule has 0 aliphatic carbocycles. The largest absolute Gasteiger partial charge is 0.489 e. The summed E-state index contributed by atoms with van der Waals surface area (Å²) in [4.78, 5) is 0. The average Bonchev–Trinajstić information content (AvgIpc) is 2.46. The van der Waals surface area contributed by atoms with Gasteiger partial charge in [-0.3, -0.25) is 5.41 Å². The molecule has 104 valence electrons. The first-order valence-electron chi connectivity index (χ1n) is 6.45. The number of hydrogen-bond acceptors (Lipinski definition) is 2. The van der Waals surface area contributed by atoms with E-state index in [9.17, 15) is 4.39 Å². The minimum Gasteiger partial charge on any atom is -0.489 e. The van der Waals surface area contributed by atoms with Crippen LogP contribution in [0.25, 0.3) is 0 Å². The van der Waals surface area contributed by atoms with Gasteiger partial charge in [0, 0.05) is 5.56 Å². The minimum absolute atomic E-state index is 0.104. The van der Waals surface area contributed by atoms with Crippen molar-refractivity contribution in [2.24, 2.45) is 5.73 Å². The Bertz CT molecular complexity index is 608. The van der Waals surface area contributed by atoms with E-state index in [-0.39, 0.29) is 18.0 Å². The van der Waals surface area contributed by atoms with E-state index in [1.807, 2.05) is 24.3 Å². The first-order chi connectivity index (χ1) is 9.61. The summed E-state index contributed by atoms with van der Waals surface area (Å²) in [6.45, 7) is 2.19. The molecular formula is C16H17FN2O. The third-order valence-corrected chi connectivity index (χ3v) is 3.09. The zero-order valence-electron chi connectivity index (χ0n) is 11.3. The maximum atomic E-state index is 14.0. The second-order valence-electron chi connectivity index (χ2n) is 4.48. The molecule has 4 heteroatoms. The molecule has 0 saturated carbocycles. The number of nitrogens with two attached hydrogens (primary N) is 1. The van der Waals surface area contributed by atoms with Gasteiger partial charge in [-0.25, -0.2) is 4.39 Å². The standard InChI is InChI=1S/C16H17FN2O/c1-2-11-6-8-13(9-7-11)20-10-12-4-3-5-14(15(12)17)16(18)19/h3-9H,2,10H2,1H3,(H3,18,19). The molecule has 0 amide bonds. The second kappa shape index (κ2) is 6.19. The number of nitrogens with one attached hydrogen (secondary N) is 1. The summed E-state index contributed by atoms with van der Waals surface area (Å²) >= 11 is 0. The maximum Gasteiger partial charge on any atom is 0.140 e. The van der Waals surface area contributed by atoms with Crippen molar-refractivity contribution in [3.63, 3.8) is 0 Å². The van der Waals surface area contributed by atoms with Crippen LogP contribution < -0.4 is 10.5 Å². The fourth-order valence-electron chi connectivity index (χ4n) is 1.88. The van der Waals surface area contributed by atoms with E-state index < -0.39 is 5.82 Å². The Morgan fingerprint density at radius 3 is 2.50 bits per heavy atom. The van der Waals surface area contributed by atoms with Gasteiger partial charge >= 0.3 is 0 Å². The van der Waals surface area contributed by atoms with Gasteiger partial charge in [0.15, 0.2) is 0 Å². The Labute approximate surface area is 117 Å². The Morgan fingerprint density at radius 1 is 1.20 bits per heavy atom. The van der Waals surface area contributed by atoms with Crippen molar-refractivity contribution in [1.29, 1.82) is 5.41 Å². The fourth-order valence-corrected chi connectivity index (χ4v) is 1.88. The highest BCUT2D eigenvalue weighted by molar-refractivity contribution is 5.95. The molecule has 20 heavy (non-hydrogen) atoms. The van der Waals surface area contributed by atoms with Crippen molar-refractivity contribution in [2.45, 2.75) is 20.0 Å². The highest BCUT2D eigenvalue weighted by Gasteiger charge is 2.10. The molecule has 0 aliphatic rings. The van der Waals surface area contributed by atoms with E-state index in [4.69, 9.17) is 15.9 Å².